The first-order valence-electron chi connectivity index (χ1n) is 5.34. The molecule has 5 nitrogen and oxygen atoms in total. The summed E-state index contributed by atoms with van der Waals surface area (Å²) in [5, 5.41) is 0.846. The van der Waals surface area contributed by atoms with Gasteiger partial charge in [0.25, 0.3) is 0 Å². The highest BCUT2D eigenvalue weighted by Gasteiger charge is 2.31. The van der Waals surface area contributed by atoms with Crippen LogP contribution in [0, 0.1) is 18.3 Å². The number of anilines is 1. The second kappa shape index (κ2) is 3.59. The Morgan fingerprint density at radius 1 is 1.53 bits per heavy atom. The molecule has 1 fully saturated rings. The predicted octanol–water partition coefficient (Wildman–Crippen LogP) is 0.944. The van der Waals surface area contributed by atoms with E-state index in [4.69, 9.17) is 6.42 Å². The number of hydrogen-bond acceptors (Lipinski definition) is 3. The molecule has 0 aromatic carbocycles. The maximum atomic E-state index is 11.9. The van der Waals surface area contributed by atoms with Crippen molar-refractivity contribution in [3.05, 3.63) is 18.6 Å². The van der Waals surface area contributed by atoms with Gasteiger partial charge in [-0.05, 0) is 6.07 Å². The number of rotatable bonds is 1. The Labute approximate surface area is 97.9 Å². The van der Waals surface area contributed by atoms with Crippen molar-refractivity contribution in [2.24, 2.45) is 5.92 Å². The van der Waals surface area contributed by atoms with Crippen molar-refractivity contribution >= 4 is 22.8 Å². The molecule has 17 heavy (non-hydrogen) atoms. The van der Waals surface area contributed by atoms with Gasteiger partial charge < -0.3 is 4.98 Å². The van der Waals surface area contributed by atoms with Crippen molar-refractivity contribution in [1.82, 2.24) is 15.0 Å². The van der Waals surface area contributed by atoms with Crippen LogP contribution in [0.1, 0.15) is 6.42 Å². The molecular formula is C12H10N4O. The van der Waals surface area contributed by atoms with Gasteiger partial charge in [-0.3, -0.25) is 9.69 Å². The molecule has 1 N–H and O–H groups in total. The molecule has 84 valence electrons. The molecule has 1 saturated heterocycles. The zero-order valence-electron chi connectivity index (χ0n) is 9.05. The summed E-state index contributed by atoms with van der Waals surface area (Å²) in [6, 6.07) is 1.86. The number of H-pyrrole nitrogens is 1. The lowest BCUT2D eigenvalue weighted by atomic mass is 10.1. The SMILES string of the molecule is C#CC1CC(=O)N(c2ncnc3[nH]ccc23)C1. The highest BCUT2D eigenvalue weighted by atomic mass is 16.2. The molecule has 1 amide bonds. The van der Waals surface area contributed by atoms with Gasteiger partial charge in [0.05, 0.1) is 5.39 Å². The van der Waals surface area contributed by atoms with Gasteiger partial charge in [0.2, 0.25) is 5.91 Å². The highest BCUT2D eigenvalue weighted by molar-refractivity contribution is 6.02. The molecule has 2 aromatic rings. The maximum Gasteiger partial charge on any atom is 0.229 e. The number of carbonyl (C=O) groups excluding carboxylic acids is 1. The van der Waals surface area contributed by atoms with E-state index in [9.17, 15) is 4.79 Å². The summed E-state index contributed by atoms with van der Waals surface area (Å²) < 4.78 is 0. The summed E-state index contributed by atoms with van der Waals surface area (Å²) in [4.78, 5) is 24.8. The summed E-state index contributed by atoms with van der Waals surface area (Å²) in [7, 11) is 0. The van der Waals surface area contributed by atoms with Crippen LogP contribution in [-0.4, -0.2) is 27.4 Å². The quantitative estimate of drug-likeness (QED) is 0.736. The second-order valence-electron chi connectivity index (χ2n) is 4.01. The monoisotopic (exact) mass is 226 g/mol. The number of aromatic amines is 1. The van der Waals surface area contributed by atoms with Crippen molar-refractivity contribution in [2.75, 3.05) is 11.4 Å². The zero-order valence-corrected chi connectivity index (χ0v) is 9.05. The Morgan fingerprint density at radius 3 is 3.18 bits per heavy atom. The summed E-state index contributed by atoms with van der Waals surface area (Å²) in [6.07, 6.45) is 8.99. The standard InChI is InChI=1S/C12H10N4O/c1-2-8-5-10(17)16(6-8)12-9-3-4-13-11(9)14-7-15-12/h1,3-4,7-8H,5-6H2,(H,13,14,15). The first-order chi connectivity index (χ1) is 8.29. The molecule has 0 bridgehead atoms. The van der Waals surface area contributed by atoms with E-state index >= 15 is 0 Å². The van der Waals surface area contributed by atoms with Crippen LogP contribution in [0.2, 0.25) is 0 Å². The summed E-state index contributed by atoms with van der Waals surface area (Å²) in [5.41, 5.74) is 0.729. The normalized spacial score (nSPS) is 19.8. The lowest BCUT2D eigenvalue weighted by Crippen LogP contribution is -2.25. The molecule has 1 aliphatic rings. The average Bonchev–Trinajstić information content (AvgIpc) is 2.94. The van der Waals surface area contributed by atoms with Crippen LogP contribution in [0.25, 0.3) is 11.0 Å². The molecule has 0 spiro atoms. The van der Waals surface area contributed by atoms with Gasteiger partial charge in [0, 0.05) is 25.1 Å². The molecule has 2 aromatic heterocycles. The van der Waals surface area contributed by atoms with E-state index in [2.05, 4.69) is 20.9 Å². The van der Waals surface area contributed by atoms with E-state index in [1.807, 2.05) is 6.07 Å². The van der Waals surface area contributed by atoms with Crippen LogP contribution < -0.4 is 4.90 Å². The van der Waals surface area contributed by atoms with Gasteiger partial charge in [0.1, 0.15) is 17.8 Å². The Balaban J connectivity index is 2.08. The predicted molar refractivity (Wildman–Crippen MR) is 63.2 cm³/mol. The van der Waals surface area contributed by atoms with Crippen LogP contribution in [0.4, 0.5) is 5.82 Å². The Morgan fingerprint density at radius 2 is 2.41 bits per heavy atom. The van der Waals surface area contributed by atoms with E-state index < -0.39 is 0 Å². The minimum Gasteiger partial charge on any atom is -0.346 e. The fourth-order valence-electron chi connectivity index (χ4n) is 2.10. The van der Waals surface area contributed by atoms with Crippen molar-refractivity contribution in [1.29, 1.82) is 0 Å². The third kappa shape index (κ3) is 1.46. The van der Waals surface area contributed by atoms with Crippen molar-refractivity contribution < 1.29 is 4.79 Å². The van der Waals surface area contributed by atoms with Crippen LogP contribution in [0.3, 0.4) is 0 Å². The van der Waals surface area contributed by atoms with Crippen LogP contribution in [0.15, 0.2) is 18.6 Å². The van der Waals surface area contributed by atoms with Gasteiger partial charge >= 0.3 is 0 Å². The van der Waals surface area contributed by atoms with Gasteiger partial charge in [-0.15, -0.1) is 12.3 Å². The molecule has 0 radical (unpaired) electrons. The Kier molecular flexibility index (Phi) is 2.08. The van der Waals surface area contributed by atoms with Gasteiger partial charge in [-0.2, -0.15) is 0 Å². The smallest absolute Gasteiger partial charge is 0.229 e. The molecule has 5 heteroatoms. The van der Waals surface area contributed by atoms with Crippen LogP contribution in [0.5, 0.6) is 0 Å². The lowest BCUT2D eigenvalue weighted by Gasteiger charge is -2.14. The fourth-order valence-corrected chi connectivity index (χ4v) is 2.10. The summed E-state index contributed by atoms with van der Waals surface area (Å²) in [6.45, 7) is 0.534. The second-order valence-corrected chi connectivity index (χ2v) is 4.01. The van der Waals surface area contributed by atoms with Crippen LogP contribution >= 0.6 is 0 Å². The largest absolute Gasteiger partial charge is 0.346 e. The molecule has 1 unspecified atom stereocenters. The number of amides is 1. The van der Waals surface area contributed by atoms with Gasteiger partial charge in [-0.25, -0.2) is 9.97 Å². The molecule has 3 rings (SSSR count). The van der Waals surface area contributed by atoms with E-state index in [1.54, 1.807) is 11.1 Å². The highest BCUT2D eigenvalue weighted by Crippen LogP contribution is 2.27. The van der Waals surface area contributed by atoms with E-state index in [0.29, 0.717) is 18.8 Å². The van der Waals surface area contributed by atoms with E-state index in [-0.39, 0.29) is 11.8 Å². The molecule has 0 aliphatic carbocycles. The van der Waals surface area contributed by atoms with Crippen molar-refractivity contribution in [3.8, 4) is 12.3 Å². The number of aromatic nitrogens is 3. The van der Waals surface area contributed by atoms with Crippen molar-refractivity contribution in [2.45, 2.75) is 6.42 Å². The minimum absolute atomic E-state index is 0.0218. The Hall–Kier alpha value is -2.35. The zero-order chi connectivity index (χ0) is 11.8. The molecule has 0 saturated carbocycles. The topological polar surface area (TPSA) is 61.9 Å². The van der Waals surface area contributed by atoms with Crippen LogP contribution in [-0.2, 0) is 4.79 Å². The van der Waals surface area contributed by atoms with Gasteiger partial charge in [-0.1, -0.05) is 0 Å². The number of terminal acetylenes is 1. The van der Waals surface area contributed by atoms with Crippen molar-refractivity contribution in [3.63, 3.8) is 0 Å². The summed E-state index contributed by atoms with van der Waals surface area (Å²) >= 11 is 0. The molecule has 3 heterocycles. The van der Waals surface area contributed by atoms with E-state index in [0.717, 1.165) is 11.0 Å². The van der Waals surface area contributed by atoms with E-state index in [1.165, 1.54) is 6.33 Å². The third-order valence-corrected chi connectivity index (χ3v) is 2.95. The molecule has 1 aliphatic heterocycles. The summed E-state index contributed by atoms with van der Waals surface area (Å²) in [5.74, 6) is 3.26. The number of carbonyl (C=O) groups is 1. The molecule has 1 atom stereocenters. The fraction of sp³-hybridized carbons (Fsp3) is 0.250. The lowest BCUT2D eigenvalue weighted by molar-refractivity contribution is -0.117. The first kappa shape index (κ1) is 9.85. The average molecular weight is 226 g/mol. The number of fused-ring (bicyclic) bond motifs is 1. The first-order valence-corrected chi connectivity index (χ1v) is 5.34. The Bertz CT molecular complexity index is 625. The minimum atomic E-state index is -0.0218. The van der Waals surface area contributed by atoms with Gasteiger partial charge in [0.15, 0.2) is 0 Å². The number of nitrogens with zero attached hydrogens (tertiary/aromatic N) is 3. The maximum absolute atomic E-state index is 11.9. The molecular weight excluding hydrogens is 216 g/mol. The number of hydrogen-bond donors (Lipinski definition) is 1. The third-order valence-electron chi connectivity index (χ3n) is 2.95. The number of nitrogens with one attached hydrogen (secondary N) is 1.